The number of aryl methyl sites for hydroxylation is 2. The average Bonchev–Trinajstić information content (AvgIpc) is 2.70. The molecule has 0 atom stereocenters. The molecule has 3 nitrogen and oxygen atoms in total. The van der Waals surface area contributed by atoms with E-state index in [1.165, 1.54) is 5.56 Å². The van der Waals surface area contributed by atoms with Crippen LogP contribution >= 0.6 is 12.2 Å². The molecule has 0 amide bonds. The summed E-state index contributed by atoms with van der Waals surface area (Å²) >= 11 is 5.27. The molecule has 1 heterocycles. The molecule has 0 saturated carbocycles. The van der Waals surface area contributed by atoms with Crippen LogP contribution in [0, 0.1) is 4.77 Å². The van der Waals surface area contributed by atoms with Crippen LogP contribution in [0.25, 0.3) is 5.69 Å². The lowest BCUT2D eigenvalue weighted by Crippen LogP contribution is -2.03. The predicted molar refractivity (Wildman–Crippen MR) is 67.5 cm³/mol. The Balaban J connectivity index is 2.66. The first-order chi connectivity index (χ1) is 7.77. The molecule has 0 radical (unpaired) electrons. The molecule has 0 aliphatic carbocycles. The topological polar surface area (TPSA) is 33.6 Å². The zero-order valence-electron chi connectivity index (χ0n) is 9.53. The van der Waals surface area contributed by atoms with E-state index in [0.717, 1.165) is 24.4 Å². The van der Waals surface area contributed by atoms with Gasteiger partial charge in [0.1, 0.15) is 5.82 Å². The van der Waals surface area contributed by atoms with Gasteiger partial charge in [-0.25, -0.2) is 0 Å². The number of nitrogens with zero attached hydrogens (tertiary/aromatic N) is 2. The first-order valence-electron chi connectivity index (χ1n) is 5.52. The predicted octanol–water partition coefficient (Wildman–Crippen LogP) is 3.05. The third kappa shape index (κ3) is 1.80. The van der Waals surface area contributed by atoms with Crippen LogP contribution in [0.2, 0.25) is 0 Å². The normalized spacial score (nSPS) is 10.6. The minimum absolute atomic E-state index is 0.665. The van der Waals surface area contributed by atoms with Crippen molar-refractivity contribution in [1.29, 1.82) is 0 Å². The van der Waals surface area contributed by atoms with Crippen molar-refractivity contribution in [3.05, 3.63) is 40.4 Å². The van der Waals surface area contributed by atoms with Crippen molar-refractivity contribution < 1.29 is 0 Å². The van der Waals surface area contributed by atoms with Crippen molar-refractivity contribution in [2.75, 3.05) is 0 Å². The Morgan fingerprint density at radius 1 is 1.25 bits per heavy atom. The van der Waals surface area contributed by atoms with Gasteiger partial charge in [-0.3, -0.25) is 9.67 Å². The van der Waals surface area contributed by atoms with E-state index in [0.29, 0.717) is 4.77 Å². The smallest absolute Gasteiger partial charge is 0.199 e. The molecule has 2 rings (SSSR count). The van der Waals surface area contributed by atoms with Crippen LogP contribution in [-0.2, 0) is 12.8 Å². The summed E-state index contributed by atoms with van der Waals surface area (Å²) < 4.78 is 2.69. The number of para-hydroxylation sites is 1. The van der Waals surface area contributed by atoms with Crippen LogP contribution in [-0.4, -0.2) is 14.8 Å². The standard InChI is InChI=1S/C12H15N3S/c1-3-9-7-5-6-8-10(9)15-11(4-2)13-14-12(15)16/h5-8H,3-4H2,1-2H3,(H,14,16). The molecule has 1 N–H and O–H groups in total. The summed E-state index contributed by atoms with van der Waals surface area (Å²) in [5.41, 5.74) is 2.43. The minimum atomic E-state index is 0.665. The highest BCUT2D eigenvalue weighted by molar-refractivity contribution is 7.71. The lowest BCUT2D eigenvalue weighted by molar-refractivity contribution is 0.869. The number of H-pyrrole nitrogens is 1. The van der Waals surface area contributed by atoms with E-state index in [1.807, 2.05) is 10.6 Å². The van der Waals surface area contributed by atoms with Gasteiger partial charge in [-0.2, -0.15) is 5.10 Å². The fourth-order valence-electron chi connectivity index (χ4n) is 1.84. The Kier molecular flexibility index (Phi) is 3.19. The van der Waals surface area contributed by atoms with E-state index < -0.39 is 0 Å². The lowest BCUT2D eigenvalue weighted by Gasteiger charge is -2.10. The Labute approximate surface area is 100 Å². The second kappa shape index (κ2) is 4.61. The van der Waals surface area contributed by atoms with E-state index in [1.54, 1.807) is 0 Å². The number of rotatable bonds is 3. The molecule has 0 bridgehead atoms. The van der Waals surface area contributed by atoms with Crippen LogP contribution in [0.15, 0.2) is 24.3 Å². The van der Waals surface area contributed by atoms with Crippen molar-refractivity contribution in [2.24, 2.45) is 0 Å². The molecule has 0 fully saturated rings. The Hall–Kier alpha value is -1.42. The monoisotopic (exact) mass is 233 g/mol. The summed E-state index contributed by atoms with van der Waals surface area (Å²) in [7, 11) is 0. The van der Waals surface area contributed by atoms with Crippen LogP contribution in [0.1, 0.15) is 25.2 Å². The molecule has 0 spiro atoms. The van der Waals surface area contributed by atoms with Crippen LogP contribution < -0.4 is 0 Å². The van der Waals surface area contributed by atoms with Gasteiger partial charge in [-0.1, -0.05) is 32.0 Å². The number of hydrogen-bond acceptors (Lipinski definition) is 2. The van der Waals surface area contributed by atoms with Crippen molar-refractivity contribution in [2.45, 2.75) is 26.7 Å². The molecule has 0 aliphatic rings. The van der Waals surface area contributed by atoms with E-state index in [2.05, 4.69) is 42.2 Å². The third-order valence-corrected chi connectivity index (χ3v) is 2.95. The fraction of sp³-hybridized carbons (Fsp3) is 0.333. The minimum Gasteiger partial charge on any atom is -0.272 e. The lowest BCUT2D eigenvalue weighted by atomic mass is 10.1. The Bertz CT molecular complexity index is 539. The number of benzene rings is 1. The zero-order chi connectivity index (χ0) is 11.5. The van der Waals surface area contributed by atoms with Gasteiger partial charge in [0.15, 0.2) is 4.77 Å². The third-order valence-electron chi connectivity index (χ3n) is 2.67. The molecule has 1 aromatic carbocycles. The maximum Gasteiger partial charge on any atom is 0.199 e. The summed E-state index contributed by atoms with van der Waals surface area (Å²) in [4.78, 5) is 0. The molecule has 0 unspecified atom stereocenters. The molecular formula is C12H15N3S. The summed E-state index contributed by atoms with van der Waals surface area (Å²) in [6, 6.07) is 8.30. The molecular weight excluding hydrogens is 218 g/mol. The number of nitrogens with one attached hydrogen (secondary N) is 1. The van der Waals surface area contributed by atoms with Gasteiger partial charge in [0.05, 0.1) is 5.69 Å². The van der Waals surface area contributed by atoms with Crippen molar-refractivity contribution in [1.82, 2.24) is 14.8 Å². The molecule has 0 saturated heterocycles. The average molecular weight is 233 g/mol. The molecule has 84 valence electrons. The molecule has 2 aromatic rings. The Morgan fingerprint density at radius 3 is 2.69 bits per heavy atom. The Morgan fingerprint density at radius 2 is 2.00 bits per heavy atom. The summed E-state index contributed by atoms with van der Waals surface area (Å²) in [6.07, 6.45) is 1.86. The van der Waals surface area contributed by atoms with Crippen LogP contribution in [0.5, 0.6) is 0 Å². The molecule has 0 aliphatic heterocycles. The first kappa shape index (κ1) is 11.1. The van der Waals surface area contributed by atoms with E-state index in [-0.39, 0.29) is 0 Å². The van der Waals surface area contributed by atoms with Crippen LogP contribution in [0.3, 0.4) is 0 Å². The van der Waals surface area contributed by atoms with E-state index in [9.17, 15) is 0 Å². The van der Waals surface area contributed by atoms with Gasteiger partial charge in [0, 0.05) is 6.42 Å². The highest BCUT2D eigenvalue weighted by Crippen LogP contribution is 2.17. The summed E-state index contributed by atoms with van der Waals surface area (Å²) in [5.74, 6) is 0.978. The zero-order valence-corrected chi connectivity index (χ0v) is 10.3. The van der Waals surface area contributed by atoms with Crippen molar-refractivity contribution >= 4 is 12.2 Å². The maximum absolute atomic E-state index is 5.27. The van der Waals surface area contributed by atoms with E-state index >= 15 is 0 Å². The molecule has 1 aromatic heterocycles. The fourth-order valence-corrected chi connectivity index (χ4v) is 2.09. The maximum atomic E-state index is 5.27. The van der Waals surface area contributed by atoms with Crippen LogP contribution in [0.4, 0.5) is 0 Å². The molecule has 16 heavy (non-hydrogen) atoms. The van der Waals surface area contributed by atoms with Gasteiger partial charge in [-0.05, 0) is 30.3 Å². The summed E-state index contributed by atoms with van der Waals surface area (Å²) in [5, 5.41) is 7.09. The van der Waals surface area contributed by atoms with Gasteiger partial charge in [0.25, 0.3) is 0 Å². The van der Waals surface area contributed by atoms with Crippen molar-refractivity contribution in [3.8, 4) is 5.69 Å². The number of aromatic amines is 1. The van der Waals surface area contributed by atoms with E-state index in [4.69, 9.17) is 12.2 Å². The van der Waals surface area contributed by atoms with Crippen molar-refractivity contribution in [3.63, 3.8) is 0 Å². The highest BCUT2D eigenvalue weighted by Gasteiger charge is 2.08. The second-order valence-electron chi connectivity index (χ2n) is 3.62. The quantitative estimate of drug-likeness (QED) is 0.827. The van der Waals surface area contributed by atoms with Gasteiger partial charge in [-0.15, -0.1) is 0 Å². The summed E-state index contributed by atoms with van der Waals surface area (Å²) in [6.45, 7) is 4.23. The first-order valence-corrected chi connectivity index (χ1v) is 5.93. The van der Waals surface area contributed by atoms with Gasteiger partial charge in [0.2, 0.25) is 0 Å². The SMILES string of the molecule is CCc1ccccc1-n1c(CC)n[nH]c1=S. The second-order valence-corrected chi connectivity index (χ2v) is 4.00. The van der Waals surface area contributed by atoms with Gasteiger partial charge >= 0.3 is 0 Å². The number of hydrogen-bond donors (Lipinski definition) is 1. The highest BCUT2D eigenvalue weighted by atomic mass is 32.1. The number of aromatic nitrogens is 3. The van der Waals surface area contributed by atoms with Gasteiger partial charge < -0.3 is 0 Å². The largest absolute Gasteiger partial charge is 0.272 e. The molecule has 4 heteroatoms.